The van der Waals surface area contributed by atoms with Gasteiger partial charge in [-0.15, -0.1) is 0 Å². The van der Waals surface area contributed by atoms with Crippen molar-refractivity contribution in [3.63, 3.8) is 0 Å². The molecule has 1 aromatic heterocycles. The van der Waals surface area contributed by atoms with E-state index in [2.05, 4.69) is 5.43 Å². The number of fused-ring (bicyclic) bond motifs is 1. The van der Waals surface area contributed by atoms with E-state index in [1.807, 2.05) is 24.3 Å². The molecular formula is C21H18N2O5S. The third-order valence-corrected chi connectivity index (χ3v) is 5.77. The first-order valence-electron chi connectivity index (χ1n) is 8.78. The van der Waals surface area contributed by atoms with Crippen molar-refractivity contribution in [3.8, 4) is 11.5 Å². The summed E-state index contributed by atoms with van der Waals surface area (Å²) >= 11 is 1.43. The lowest BCUT2D eigenvalue weighted by Crippen LogP contribution is -2.49. The van der Waals surface area contributed by atoms with Crippen LogP contribution in [0.4, 0.5) is 0 Å². The summed E-state index contributed by atoms with van der Waals surface area (Å²) in [5.74, 6) is 0.300. The number of carbonyl (C=O) groups is 2. The molecule has 2 amide bonds. The number of nitrogens with zero attached hydrogens (tertiary/aromatic N) is 1. The molecule has 2 aromatic carbocycles. The number of ether oxygens (including phenoxy) is 2. The number of hydrogen-bond acceptors (Lipinski definition) is 6. The van der Waals surface area contributed by atoms with Gasteiger partial charge in [0.15, 0.2) is 17.3 Å². The van der Waals surface area contributed by atoms with E-state index in [1.165, 1.54) is 36.2 Å². The fraction of sp³-hybridized carbons (Fsp3) is 0.143. The highest BCUT2D eigenvalue weighted by Crippen LogP contribution is 2.48. The second kappa shape index (κ2) is 7.92. The molecule has 2 heterocycles. The van der Waals surface area contributed by atoms with Crippen molar-refractivity contribution in [2.75, 3.05) is 14.2 Å². The smallest absolute Gasteiger partial charge is 0.305 e. The van der Waals surface area contributed by atoms with Crippen LogP contribution < -0.4 is 14.9 Å². The maximum atomic E-state index is 13.3. The van der Waals surface area contributed by atoms with Gasteiger partial charge in [-0.05, 0) is 30.3 Å². The Morgan fingerprint density at radius 2 is 1.90 bits per heavy atom. The van der Waals surface area contributed by atoms with Gasteiger partial charge in [-0.3, -0.25) is 15.0 Å². The quantitative estimate of drug-likeness (QED) is 0.687. The van der Waals surface area contributed by atoms with Gasteiger partial charge in [-0.2, -0.15) is 0 Å². The van der Waals surface area contributed by atoms with Gasteiger partial charge in [-0.1, -0.05) is 36.0 Å². The lowest BCUT2D eigenvalue weighted by atomic mass is 10.1. The Labute approximate surface area is 171 Å². The van der Waals surface area contributed by atoms with Crippen LogP contribution in [0.15, 0.2) is 70.2 Å². The molecule has 1 unspecified atom stereocenters. The van der Waals surface area contributed by atoms with Crippen LogP contribution in [0, 0.1) is 0 Å². The van der Waals surface area contributed by atoms with Crippen LogP contribution in [-0.4, -0.2) is 31.0 Å². The fourth-order valence-electron chi connectivity index (χ4n) is 3.15. The maximum absolute atomic E-state index is 13.3. The number of thioether (sulfide) groups is 1. The number of benzene rings is 2. The first-order valence-corrected chi connectivity index (χ1v) is 9.66. The van der Waals surface area contributed by atoms with Crippen LogP contribution in [0.5, 0.6) is 11.5 Å². The molecule has 1 aliphatic heterocycles. The van der Waals surface area contributed by atoms with Crippen molar-refractivity contribution < 1.29 is 23.5 Å². The largest absolute Gasteiger partial charge is 0.493 e. The first-order chi connectivity index (χ1) is 14.1. The molecule has 3 aromatic rings. The molecular weight excluding hydrogens is 392 g/mol. The molecule has 0 bridgehead atoms. The van der Waals surface area contributed by atoms with Crippen molar-refractivity contribution in [1.82, 2.24) is 10.4 Å². The topological polar surface area (TPSA) is 81.0 Å². The number of amides is 2. The van der Waals surface area contributed by atoms with Crippen LogP contribution in [0.1, 0.15) is 31.9 Å². The zero-order chi connectivity index (χ0) is 20.4. The average molecular weight is 410 g/mol. The Morgan fingerprint density at radius 1 is 1.07 bits per heavy atom. The van der Waals surface area contributed by atoms with Crippen LogP contribution >= 0.6 is 11.8 Å². The number of nitrogens with one attached hydrogen (secondary N) is 1. The minimum atomic E-state index is -0.568. The highest BCUT2D eigenvalue weighted by atomic mass is 32.2. The number of para-hydroxylation sites is 1. The number of hydrogen-bond donors (Lipinski definition) is 1. The molecule has 0 saturated carbocycles. The normalized spacial score (nSPS) is 15.6. The molecule has 0 spiro atoms. The maximum Gasteiger partial charge on any atom is 0.305 e. The van der Waals surface area contributed by atoms with Crippen molar-refractivity contribution >= 4 is 23.6 Å². The Morgan fingerprint density at radius 3 is 2.62 bits per heavy atom. The van der Waals surface area contributed by atoms with Gasteiger partial charge >= 0.3 is 5.91 Å². The molecule has 7 nitrogen and oxygen atoms in total. The van der Waals surface area contributed by atoms with Gasteiger partial charge in [0, 0.05) is 10.5 Å². The molecule has 1 aliphatic rings. The van der Waals surface area contributed by atoms with E-state index >= 15 is 0 Å². The SMILES string of the molecule is COc1cccc(C2Sc3ccccc3C(=O)N2NC(=O)c2ccco2)c1OC. The summed E-state index contributed by atoms with van der Waals surface area (Å²) in [7, 11) is 3.09. The summed E-state index contributed by atoms with van der Waals surface area (Å²) in [4.78, 5) is 26.7. The number of carbonyl (C=O) groups excluding carboxylic acids is 2. The molecule has 0 radical (unpaired) electrons. The lowest BCUT2D eigenvalue weighted by molar-refractivity contribution is 0.0534. The average Bonchev–Trinajstić information content (AvgIpc) is 3.30. The van der Waals surface area contributed by atoms with Crippen LogP contribution in [-0.2, 0) is 0 Å². The number of hydrazine groups is 1. The first kappa shape index (κ1) is 18.9. The third kappa shape index (κ3) is 3.42. The highest BCUT2D eigenvalue weighted by Gasteiger charge is 2.37. The predicted octanol–water partition coefficient (Wildman–Crippen LogP) is 3.89. The van der Waals surface area contributed by atoms with E-state index in [1.54, 1.807) is 31.4 Å². The summed E-state index contributed by atoms with van der Waals surface area (Å²) in [6.45, 7) is 0. The lowest BCUT2D eigenvalue weighted by Gasteiger charge is -2.36. The second-order valence-electron chi connectivity index (χ2n) is 6.14. The fourth-order valence-corrected chi connectivity index (χ4v) is 4.39. The standard InChI is InChI=1S/C21H18N2O5S/c1-26-15-9-5-8-14(18(15)27-2)21-23(22-19(24)16-10-6-12-28-16)20(25)13-7-3-4-11-17(13)29-21/h3-12,21H,1-2H3,(H,22,24). The van der Waals surface area contributed by atoms with Crippen LogP contribution in [0.25, 0.3) is 0 Å². The Hall–Kier alpha value is -3.39. The van der Waals surface area contributed by atoms with Gasteiger partial charge < -0.3 is 13.9 Å². The predicted molar refractivity (Wildman–Crippen MR) is 107 cm³/mol. The second-order valence-corrected chi connectivity index (χ2v) is 7.26. The molecule has 0 aliphatic carbocycles. The van der Waals surface area contributed by atoms with Crippen molar-refractivity contribution in [3.05, 3.63) is 77.7 Å². The van der Waals surface area contributed by atoms with E-state index in [4.69, 9.17) is 13.9 Å². The summed E-state index contributed by atoms with van der Waals surface area (Å²) in [6, 6.07) is 15.8. The molecule has 1 atom stereocenters. The van der Waals surface area contributed by atoms with Crippen molar-refractivity contribution in [2.24, 2.45) is 0 Å². The minimum absolute atomic E-state index is 0.109. The Kier molecular flexibility index (Phi) is 5.18. The molecule has 29 heavy (non-hydrogen) atoms. The van der Waals surface area contributed by atoms with E-state index in [0.717, 1.165) is 4.90 Å². The van der Waals surface area contributed by atoms with E-state index < -0.39 is 11.3 Å². The number of furan rings is 1. The minimum Gasteiger partial charge on any atom is -0.493 e. The molecule has 8 heteroatoms. The van der Waals surface area contributed by atoms with E-state index in [9.17, 15) is 9.59 Å². The molecule has 0 saturated heterocycles. The van der Waals surface area contributed by atoms with Gasteiger partial charge in [0.2, 0.25) is 0 Å². The Balaban J connectivity index is 1.79. The molecule has 148 valence electrons. The summed E-state index contributed by atoms with van der Waals surface area (Å²) in [6.07, 6.45) is 1.40. The summed E-state index contributed by atoms with van der Waals surface area (Å²) < 4.78 is 16.1. The molecule has 0 fully saturated rings. The summed E-state index contributed by atoms with van der Waals surface area (Å²) in [5, 5.41) is 0.733. The summed E-state index contributed by atoms with van der Waals surface area (Å²) in [5.41, 5.74) is 3.89. The zero-order valence-corrected chi connectivity index (χ0v) is 16.6. The monoisotopic (exact) mass is 410 g/mol. The van der Waals surface area contributed by atoms with Gasteiger partial charge in [0.05, 0.1) is 26.0 Å². The van der Waals surface area contributed by atoms with Gasteiger partial charge in [0.25, 0.3) is 5.91 Å². The number of methoxy groups -OCH3 is 2. The number of rotatable bonds is 5. The van der Waals surface area contributed by atoms with Crippen molar-refractivity contribution in [1.29, 1.82) is 0 Å². The van der Waals surface area contributed by atoms with Crippen molar-refractivity contribution in [2.45, 2.75) is 10.3 Å². The molecule has 4 rings (SSSR count). The molecule has 1 N–H and O–H groups in total. The van der Waals surface area contributed by atoms with Gasteiger partial charge in [-0.25, -0.2) is 5.01 Å². The van der Waals surface area contributed by atoms with E-state index in [0.29, 0.717) is 22.6 Å². The van der Waals surface area contributed by atoms with Crippen LogP contribution in [0.2, 0.25) is 0 Å². The zero-order valence-electron chi connectivity index (χ0n) is 15.7. The third-order valence-electron chi connectivity index (χ3n) is 4.48. The Bertz CT molecular complexity index is 1050. The highest BCUT2D eigenvalue weighted by molar-refractivity contribution is 7.99. The van der Waals surface area contributed by atoms with Crippen LogP contribution in [0.3, 0.4) is 0 Å². The van der Waals surface area contributed by atoms with Gasteiger partial charge in [0.1, 0.15) is 5.37 Å². The van der Waals surface area contributed by atoms with E-state index in [-0.39, 0.29) is 11.7 Å².